The summed E-state index contributed by atoms with van der Waals surface area (Å²) in [5, 5.41) is 3.44. The van der Waals surface area contributed by atoms with Crippen LogP contribution in [-0.4, -0.2) is 43.1 Å². The van der Waals surface area contributed by atoms with Gasteiger partial charge in [0.25, 0.3) is 0 Å². The number of methoxy groups -OCH3 is 1. The Labute approximate surface area is 121 Å². The Morgan fingerprint density at radius 3 is 2.65 bits per heavy atom. The molecule has 0 radical (unpaired) electrons. The standard InChI is InChI=1S/C16H24N2O2/c1-12(2)17-14-10-16(19)18(11-14)9-8-13-4-6-15(20-3)7-5-13/h4-7,12,14,17H,8-11H2,1-3H3. The highest BCUT2D eigenvalue weighted by molar-refractivity contribution is 5.79. The van der Waals surface area contributed by atoms with Crippen LogP contribution < -0.4 is 10.1 Å². The minimum absolute atomic E-state index is 0.261. The SMILES string of the molecule is COc1ccc(CCN2CC(NC(C)C)CC2=O)cc1. The molecule has 1 aliphatic rings. The van der Waals surface area contributed by atoms with Crippen LogP contribution >= 0.6 is 0 Å². The maximum atomic E-state index is 12.0. The van der Waals surface area contributed by atoms with Crippen molar-refractivity contribution in [3.8, 4) is 5.75 Å². The van der Waals surface area contributed by atoms with Gasteiger partial charge in [-0.1, -0.05) is 26.0 Å². The van der Waals surface area contributed by atoms with Gasteiger partial charge >= 0.3 is 0 Å². The highest BCUT2D eigenvalue weighted by Crippen LogP contribution is 2.15. The number of carbonyl (C=O) groups is 1. The van der Waals surface area contributed by atoms with Crippen LogP contribution in [0.1, 0.15) is 25.8 Å². The summed E-state index contributed by atoms with van der Waals surface area (Å²) in [6.07, 6.45) is 1.52. The van der Waals surface area contributed by atoms with E-state index in [-0.39, 0.29) is 5.91 Å². The van der Waals surface area contributed by atoms with Crippen LogP contribution in [0.4, 0.5) is 0 Å². The van der Waals surface area contributed by atoms with Crippen LogP contribution in [0.3, 0.4) is 0 Å². The molecule has 4 heteroatoms. The first-order chi connectivity index (χ1) is 9.58. The maximum absolute atomic E-state index is 12.0. The minimum Gasteiger partial charge on any atom is -0.497 e. The van der Waals surface area contributed by atoms with Crippen molar-refractivity contribution in [2.45, 2.75) is 38.8 Å². The first-order valence-corrected chi connectivity index (χ1v) is 7.25. The summed E-state index contributed by atoms with van der Waals surface area (Å²) < 4.78 is 5.14. The Morgan fingerprint density at radius 2 is 2.05 bits per heavy atom. The van der Waals surface area contributed by atoms with Crippen LogP contribution in [0.25, 0.3) is 0 Å². The minimum atomic E-state index is 0.261. The highest BCUT2D eigenvalue weighted by Gasteiger charge is 2.29. The van der Waals surface area contributed by atoms with Crippen molar-refractivity contribution in [2.75, 3.05) is 20.2 Å². The molecule has 0 aromatic heterocycles. The molecule has 0 bridgehead atoms. The highest BCUT2D eigenvalue weighted by atomic mass is 16.5. The van der Waals surface area contributed by atoms with Gasteiger partial charge in [0, 0.05) is 31.6 Å². The normalized spacial score (nSPS) is 18.9. The molecule has 2 rings (SSSR count). The lowest BCUT2D eigenvalue weighted by Gasteiger charge is -2.18. The summed E-state index contributed by atoms with van der Waals surface area (Å²) in [5.74, 6) is 1.13. The monoisotopic (exact) mass is 276 g/mol. The number of hydrogen-bond acceptors (Lipinski definition) is 3. The molecule has 0 spiro atoms. The molecule has 110 valence electrons. The number of carbonyl (C=O) groups excluding carboxylic acids is 1. The average molecular weight is 276 g/mol. The number of ether oxygens (including phenoxy) is 1. The number of nitrogens with one attached hydrogen (secondary N) is 1. The third-order valence-corrected chi connectivity index (χ3v) is 3.61. The summed E-state index contributed by atoms with van der Waals surface area (Å²) in [4.78, 5) is 13.9. The predicted molar refractivity (Wildman–Crippen MR) is 80.0 cm³/mol. The molecule has 1 aromatic rings. The molecule has 1 heterocycles. The quantitative estimate of drug-likeness (QED) is 0.862. The molecule has 4 nitrogen and oxygen atoms in total. The van der Waals surface area contributed by atoms with E-state index in [0.29, 0.717) is 18.5 Å². The third kappa shape index (κ3) is 3.97. The van der Waals surface area contributed by atoms with Crippen molar-refractivity contribution in [2.24, 2.45) is 0 Å². The fraction of sp³-hybridized carbons (Fsp3) is 0.562. The number of nitrogens with zero attached hydrogens (tertiary/aromatic N) is 1. The van der Waals surface area contributed by atoms with Gasteiger partial charge < -0.3 is 15.0 Å². The second kappa shape index (κ2) is 6.75. The van der Waals surface area contributed by atoms with E-state index >= 15 is 0 Å². The largest absolute Gasteiger partial charge is 0.497 e. The first-order valence-electron chi connectivity index (χ1n) is 7.25. The van der Waals surface area contributed by atoms with Crippen LogP contribution in [0.5, 0.6) is 5.75 Å². The van der Waals surface area contributed by atoms with Gasteiger partial charge in [-0.25, -0.2) is 0 Å². The van der Waals surface area contributed by atoms with Crippen molar-refractivity contribution in [3.05, 3.63) is 29.8 Å². The third-order valence-electron chi connectivity index (χ3n) is 3.61. The van der Waals surface area contributed by atoms with Crippen LogP contribution in [-0.2, 0) is 11.2 Å². The van der Waals surface area contributed by atoms with Crippen LogP contribution in [0, 0.1) is 0 Å². The van der Waals surface area contributed by atoms with E-state index in [1.807, 2.05) is 17.0 Å². The molecule has 1 aromatic carbocycles. The van der Waals surface area contributed by atoms with Gasteiger partial charge in [0.05, 0.1) is 7.11 Å². The van der Waals surface area contributed by atoms with Crippen molar-refractivity contribution < 1.29 is 9.53 Å². The van der Waals surface area contributed by atoms with Gasteiger partial charge in [0.2, 0.25) is 5.91 Å². The van der Waals surface area contributed by atoms with Crippen molar-refractivity contribution in [3.63, 3.8) is 0 Å². The number of amides is 1. The van der Waals surface area contributed by atoms with E-state index in [4.69, 9.17) is 4.74 Å². The summed E-state index contributed by atoms with van der Waals surface area (Å²) in [6.45, 7) is 5.85. The summed E-state index contributed by atoms with van der Waals surface area (Å²) in [7, 11) is 1.67. The molecule has 1 atom stereocenters. The van der Waals surface area contributed by atoms with E-state index in [9.17, 15) is 4.79 Å². The zero-order chi connectivity index (χ0) is 14.5. The fourth-order valence-corrected chi connectivity index (χ4v) is 2.63. The zero-order valence-electron chi connectivity index (χ0n) is 12.6. The Morgan fingerprint density at radius 1 is 1.35 bits per heavy atom. The predicted octanol–water partition coefficient (Wildman–Crippen LogP) is 1.84. The van der Waals surface area contributed by atoms with E-state index in [1.54, 1.807) is 7.11 Å². The topological polar surface area (TPSA) is 41.6 Å². The second-order valence-corrected chi connectivity index (χ2v) is 5.66. The number of rotatable bonds is 6. The second-order valence-electron chi connectivity index (χ2n) is 5.66. The van der Waals surface area contributed by atoms with E-state index in [0.717, 1.165) is 25.3 Å². The summed E-state index contributed by atoms with van der Waals surface area (Å²) in [6, 6.07) is 8.77. The zero-order valence-corrected chi connectivity index (χ0v) is 12.6. The number of likely N-dealkylation sites (tertiary alicyclic amines) is 1. The molecule has 1 N–H and O–H groups in total. The van der Waals surface area contributed by atoms with Gasteiger partial charge in [-0.2, -0.15) is 0 Å². The molecule has 1 unspecified atom stereocenters. The van der Waals surface area contributed by atoms with E-state index < -0.39 is 0 Å². The molecular formula is C16H24N2O2. The van der Waals surface area contributed by atoms with E-state index in [2.05, 4.69) is 31.3 Å². The van der Waals surface area contributed by atoms with Crippen molar-refractivity contribution in [1.29, 1.82) is 0 Å². The maximum Gasteiger partial charge on any atom is 0.224 e. The average Bonchev–Trinajstić information content (AvgIpc) is 2.76. The van der Waals surface area contributed by atoms with Crippen molar-refractivity contribution >= 4 is 5.91 Å². The molecule has 1 fully saturated rings. The molecule has 0 saturated carbocycles. The fourth-order valence-electron chi connectivity index (χ4n) is 2.63. The summed E-state index contributed by atoms with van der Waals surface area (Å²) >= 11 is 0. The first kappa shape index (κ1) is 14.9. The Kier molecular flexibility index (Phi) is 5.01. The molecular weight excluding hydrogens is 252 g/mol. The number of hydrogen-bond donors (Lipinski definition) is 1. The molecule has 1 amide bonds. The Hall–Kier alpha value is -1.55. The number of benzene rings is 1. The van der Waals surface area contributed by atoms with Gasteiger partial charge in [-0.05, 0) is 24.1 Å². The molecule has 1 saturated heterocycles. The van der Waals surface area contributed by atoms with Crippen molar-refractivity contribution in [1.82, 2.24) is 10.2 Å². The molecule has 20 heavy (non-hydrogen) atoms. The Balaban J connectivity index is 1.82. The van der Waals surface area contributed by atoms with Gasteiger partial charge in [-0.3, -0.25) is 4.79 Å². The smallest absolute Gasteiger partial charge is 0.224 e. The van der Waals surface area contributed by atoms with Gasteiger partial charge in [0.15, 0.2) is 0 Å². The van der Waals surface area contributed by atoms with Crippen LogP contribution in [0.2, 0.25) is 0 Å². The molecule has 1 aliphatic heterocycles. The lowest BCUT2D eigenvalue weighted by Crippen LogP contribution is -2.37. The molecule has 0 aliphatic carbocycles. The lowest BCUT2D eigenvalue weighted by molar-refractivity contribution is -0.127. The van der Waals surface area contributed by atoms with Gasteiger partial charge in [-0.15, -0.1) is 0 Å². The van der Waals surface area contributed by atoms with Gasteiger partial charge in [0.1, 0.15) is 5.75 Å². The van der Waals surface area contributed by atoms with E-state index in [1.165, 1.54) is 5.56 Å². The Bertz CT molecular complexity index is 442. The lowest BCUT2D eigenvalue weighted by atomic mass is 10.1. The summed E-state index contributed by atoms with van der Waals surface area (Å²) in [5.41, 5.74) is 1.24. The van der Waals surface area contributed by atoms with Crippen LogP contribution in [0.15, 0.2) is 24.3 Å².